The first-order valence-electron chi connectivity index (χ1n) is 4.75. The van der Waals surface area contributed by atoms with Crippen molar-refractivity contribution in [2.24, 2.45) is 0 Å². The Hall–Kier alpha value is -0.740. The summed E-state index contributed by atoms with van der Waals surface area (Å²) in [5.41, 5.74) is 8.49. The lowest BCUT2D eigenvalue weighted by Gasteiger charge is -1.88. The summed E-state index contributed by atoms with van der Waals surface area (Å²) >= 11 is 0. The van der Waals surface area contributed by atoms with Crippen LogP contribution in [0.25, 0.3) is 0 Å². The van der Waals surface area contributed by atoms with E-state index in [0.29, 0.717) is 0 Å². The van der Waals surface area contributed by atoms with Gasteiger partial charge in [-0.15, -0.1) is 5.73 Å². The Balaban J connectivity index is 0. The lowest BCUT2D eigenvalue weighted by atomic mass is 10.2. The highest BCUT2D eigenvalue weighted by Gasteiger charge is 1.75. The van der Waals surface area contributed by atoms with E-state index in [1.807, 2.05) is 27.7 Å². The van der Waals surface area contributed by atoms with Gasteiger partial charge in [0.05, 0.1) is 0 Å². The molecule has 76 valence electrons. The molecule has 13 heavy (non-hydrogen) atoms. The van der Waals surface area contributed by atoms with E-state index in [4.69, 9.17) is 0 Å². The highest BCUT2D eigenvalue weighted by atomic mass is 13.8. The minimum absolute atomic E-state index is 1.25. The predicted octanol–water partition coefficient (Wildman–Crippen LogP) is 4.88. The minimum atomic E-state index is 1.25. The van der Waals surface area contributed by atoms with Gasteiger partial charge in [-0.1, -0.05) is 11.1 Å². The standard InChI is InChI=1S/C7H12.C6H12/c1-6(2)5-7(3)4;1-5(2)6(3)4/h1-4H3;1-4H3. The van der Waals surface area contributed by atoms with E-state index in [2.05, 4.69) is 33.4 Å². The Bertz CT molecular complexity index is 195. The van der Waals surface area contributed by atoms with Crippen LogP contribution in [-0.2, 0) is 0 Å². The summed E-state index contributed by atoms with van der Waals surface area (Å²) in [5, 5.41) is 0. The Labute approximate surface area is 84.1 Å². The summed E-state index contributed by atoms with van der Waals surface area (Å²) < 4.78 is 0. The molecule has 0 aliphatic carbocycles. The molecule has 0 aromatic carbocycles. The first-order valence-corrected chi connectivity index (χ1v) is 4.75. The molecule has 0 rings (SSSR count). The molecule has 0 heterocycles. The van der Waals surface area contributed by atoms with E-state index < -0.39 is 0 Å². The molecular weight excluding hydrogens is 156 g/mol. The molecule has 0 saturated carbocycles. The summed E-state index contributed by atoms with van der Waals surface area (Å²) in [5.74, 6) is 0. The monoisotopic (exact) mass is 180 g/mol. The van der Waals surface area contributed by atoms with Gasteiger partial charge < -0.3 is 0 Å². The van der Waals surface area contributed by atoms with Crippen molar-refractivity contribution in [1.29, 1.82) is 0 Å². The molecule has 0 aromatic heterocycles. The van der Waals surface area contributed by atoms with Crippen LogP contribution in [0.5, 0.6) is 0 Å². The average Bonchev–Trinajstić information content (AvgIpc) is 1.84. The molecule has 0 spiro atoms. The predicted molar refractivity (Wildman–Crippen MR) is 63.0 cm³/mol. The van der Waals surface area contributed by atoms with Gasteiger partial charge in [-0.2, -0.15) is 0 Å². The number of hydrogen-bond acceptors (Lipinski definition) is 0. The molecule has 0 atom stereocenters. The largest absolute Gasteiger partial charge is 0.124 e. The first-order chi connectivity index (χ1) is 5.77. The lowest BCUT2D eigenvalue weighted by molar-refractivity contribution is 1.23. The quantitative estimate of drug-likeness (QED) is 0.368. The molecule has 0 fully saturated rings. The van der Waals surface area contributed by atoms with Gasteiger partial charge in [0.2, 0.25) is 0 Å². The third-order valence-electron chi connectivity index (χ3n) is 1.50. The smallest absolute Gasteiger partial charge is 0.0346 e. The molecule has 0 radical (unpaired) electrons. The molecule has 0 aliphatic rings. The van der Waals surface area contributed by atoms with Crippen LogP contribution in [0.1, 0.15) is 55.4 Å². The zero-order chi connectivity index (χ0) is 11.0. The second-order valence-electron chi connectivity index (χ2n) is 4.12. The fourth-order valence-electron chi connectivity index (χ4n) is 0.500. The van der Waals surface area contributed by atoms with Crippen LogP contribution in [0, 0.1) is 0 Å². The molecule has 0 aromatic rings. The Morgan fingerprint density at radius 1 is 0.538 bits per heavy atom. The van der Waals surface area contributed by atoms with Gasteiger partial charge in [-0.25, -0.2) is 0 Å². The zero-order valence-corrected chi connectivity index (χ0v) is 10.5. The normalized spacial score (nSPS) is 7.69. The maximum absolute atomic E-state index is 3.14. The van der Waals surface area contributed by atoms with Crippen molar-refractivity contribution < 1.29 is 0 Å². The van der Waals surface area contributed by atoms with Crippen molar-refractivity contribution in [1.82, 2.24) is 0 Å². The van der Waals surface area contributed by atoms with Gasteiger partial charge in [0.1, 0.15) is 0 Å². The van der Waals surface area contributed by atoms with Crippen LogP contribution in [0.4, 0.5) is 0 Å². The van der Waals surface area contributed by atoms with Gasteiger partial charge in [0.25, 0.3) is 0 Å². The van der Waals surface area contributed by atoms with Crippen molar-refractivity contribution in [3.63, 3.8) is 0 Å². The fourth-order valence-corrected chi connectivity index (χ4v) is 0.500. The van der Waals surface area contributed by atoms with Gasteiger partial charge in [0, 0.05) is 0 Å². The number of hydrogen-bond donors (Lipinski definition) is 0. The van der Waals surface area contributed by atoms with Crippen molar-refractivity contribution in [2.45, 2.75) is 55.4 Å². The van der Waals surface area contributed by atoms with E-state index >= 15 is 0 Å². The van der Waals surface area contributed by atoms with Crippen LogP contribution < -0.4 is 0 Å². The van der Waals surface area contributed by atoms with E-state index in [1.54, 1.807) is 0 Å². The molecule has 0 aliphatic heterocycles. The molecule has 0 heteroatoms. The van der Waals surface area contributed by atoms with Crippen LogP contribution in [0.2, 0.25) is 0 Å². The number of allylic oxidation sites excluding steroid dienone is 3. The Kier molecular flexibility index (Phi) is 8.96. The van der Waals surface area contributed by atoms with E-state index in [-0.39, 0.29) is 0 Å². The Morgan fingerprint density at radius 3 is 0.769 bits per heavy atom. The second kappa shape index (κ2) is 7.89. The summed E-state index contributed by atoms with van der Waals surface area (Å²) in [6.45, 7) is 16.7. The maximum atomic E-state index is 3.14. The van der Waals surface area contributed by atoms with Gasteiger partial charge in [0.15, 0.2) is 0 Å². The molecule has 0 unspecified atom stereocenters. The highest BCUT2D eigenvalue weighted by Crippen LogP contribution is 1.97. The van der Waals surface area contributed by atoms with Gasteiger partial charge in [-0.3, -0.25) is 0 Å². The molecule has 0 bridgehead atoms. The van der Waals surface area contributed by atoms with Crippen LogP contribution >= 0.6 is 0 Å². The third-order valence-corrected chi connectivity index (χ3v) is 1.50. The van der Waals surface area contributed by atoms with E-state index in [9.17, 15) is 0 Å². The van der Waals surface area contributed by atoms with E-state index in [1.165, 1.54) is 22.3 Å². The molecular formula is C13H24. The minimum Gasteiger partial charge on any atom is -0.124 e. The summed E-state index contributed by atoms with van der Waals surface area (Å²) in [6, 6.07) is 0. The second-order valence-corrected chi connectivity index (χ2v) is 4.12. The van der Waals surface area contributed by atoms with Crippen molar-refractivity contribution in [2.75, 3.05) is 0 Å². The molecule has 0 saturated heterocycles. The zero-order valence-electron chi connectivity index (χ0n) is 10.5. The Morgan fingerprint density at radius 2 is 0.769 bits per heavy atom. The van der Waals surface area contributed by atoms with Crippen LogP contribution in [0.3, 0.4) is 0 Å². The molecule has 0 nitrogen and oxygen atoms in total. The first kappa shape index (κ1) is 14.8. The summed E-state index contributed by atoms with van der Waals surface area (Å²) in [4.78, 5) is 0. The number of rotatable bonds is 0. The van der Waals surface area contributed by atoms with E-state index in [0.717, 1.165) is 0 Å². The third kappa shape index (κ3) is 18.3. The van der Waals surface area contributed by atoms with Gasteiger partial charge >= 0.3 is 0 Å². The van der Waals surface area contributed by atoms with Crippen molar-refractivity contribution >= 4 is 0 Å². The topological polar surface area (TPSA) is 0 Å². The molecule has 0 N–H and O–H groups in total. The summed E-state index contributed by atoms with van der Waals surface area (Å²) in [6.07, 6.45) is 0. The van der Waals surface area contributed by atoms with Crippen LogP contribution in [0.15, 0.2) is 28.0 Å². The SMILES string of the molecule is CC(C)=C(C)C.CC(C)=C=C(C)C. The fraction of sp³-hybridized carbons (Fsp3) is 0.615. The lowest BCUT2D eigenvalue weighted by Crippen LogP contribution is -1.66. The van der Waals surface area contributed by atoms with Crippen molar-refractivity contribution in [3.05, 3.63) is 28.0 Å². The summed E-state index contributed by atoms with van der Waals surface area (Å²) in [7, 11) is 0. The maximum Gasteiger partial charge on any atom is -0.0346 e. The van der Waals surface area contributed by atoms with Gasteiger partial charge in [-0.05, 0) is 66.5 Å². The average molecular weight is 180 g/mol. The highest BCUT2D eigenvalue weighted by molar-refractivity contribution is 5.02. The molecule has 0 amide bonds. The van der Waals surface area contributed by atoms with Crippen molar-refractivity contribution in [3.8, 4) is 0 Å². The van der Waals surface area contributed by atoms with Crippen LogP contribution in [-0.4, -0.2) is 0 Å².